The van der Waals surface area contributed by atoms with Crippen LogP contribution in [0.5, 0.6) is 5.75 Å². The molecule has 1 aromatic carbocycles. The number of hydrogen-bond acceptors (Lipinski definition) is 3. The first-order valence-corrected chi connectivity index (χ1v) is 4.78. The topological polar surface area (TPSA) is 72.5 Å². The molecule has 0 bridgehead atoms. The van der Waals surface area contributed by atoms with Gasteiger partial charge >= 0.3 is 5.97 Å². The molecule has 0 aliphatic heterocycles. The quantitative estimate of drug-likeness (QED) is 0.746. The Balaban J connectivity index is 3.06. The summed E-state index contributed by atoms with van der Waals surface area (Å²) >= 11 is 0. The number of methoxy groups -OCH3 is 1. The van der Waals surface area contributed by atoms with Gasteiger partial charge < -0.3 is 15.6 Å². The number of ether oxygens (including phenoxy) is 1. The summed E-state index contributed by atoms with van der Waals surface area (Å²) in [5.41, 5.74) is 6.08. The van der Waals surface area contributed by atoms with Crippen LogP contribution >= 0.6 is 0 Å². The number of benzene rings is 1. The second-order valence-corrected chi connectivity index (χ2v) is 3.10. The van der Waals surface area contributed by atoms with Gasteiger partial charge in [-0.05, 0) is 18.2 Å². The monoisotopic (exact) mass is 219 g/mol. The van der Waals surface area contributed by atoms with Crippen LogP contribution in [0, 0.1) is 11.8 Å². The molecule has 0 radical (unpaired) electrons. The van der Waals surface area contributed by atoms with Crippen molar-refractivity contribution in [2.75, 3.05) is 13.7 Å². The lowest BCUT2D eigenvalue weighted by molar-refractivity contribution is 0.0696. The van der Waals surface area contributed by atoms with E-state index >= 15 is 0 Å². The lowest BCUT2D eigenvalue weighted by Crippen LogP contribution is -1.98. The van der Waals surface area contributed by atoms with E-state index in [-0.39, 0.29) is 5.56 Å². The van der Waals surface area contributed by atoms with E-state index in [1.165, 1.54) is 19.2 Å². The maximum absolute atomic E-state index is 10.8. The molecule has 0 heterocycles. The third-order valence-corrected chi connectivity index (χ3v) is 1.89. The predicted octanol–water partition coefficient (Wildman–Crippen LogP) is 1.09. The summed E-state index contributed by atoms with van der Waals surface area (Å²) in [6, 6.07) is 4.65. The standard InChI is InChI=1S/C12H13NO3/c1-16-11-7-9(4-2-3-5-13)6-10(8-11)12(14)15/h6-8H,3,5,13H2,1H3,(H,14,15). The molecule has 0 fully saturated rings. The second kappa shape index (κ2) is 5.79. The van der Waals surface area contributed by atoms with Gasteiger partial charge in [-0.25, -0.2) is 4.79 Å². The largest absolute Gasteiger partial charge is 0.497 e. The summed E-state index contributed by atoms with van der Waals surface area (Å²) in [4.78, 5) is 10.8. The smallest absolute Gasteiger partial charge is 0.335 e. The minimum absolute atomic E-state index is 0.163. The Hall–Kier alpha value is -1.99. The van der Waals surface area contributed by atoms with E-state index in [1.807, 2.05) is 0 Å². The minimum Gasteiger partial charge on any atom is -0.497 e. The maximum atomic E-state index is 10.8. The van der Waals surface area contributed by atoms with Gasteiger partial charge in [0.05, 0.1) is 12.7 Å². The van der Waals surface area contributed by atoms with Crippen LogP contribution < -0.4 is 10.5 Å². The van der Waals surface area contributed by atoms with Crippen LogP contribution in [0.3, 0.4) is 0 Å². The molecule has 84 valence electrons. The summed E-state index contributed by atoms with van der Waals surface area (Å²) < 4.78 is 5.00. The fourth-order valence-corrected chi connectivity index (χ4v) is 1.15. The first-order valence-electron chi connectivity index (χ1n) is 4.78. The Labute approximate surface area is 94.0 Å². The van der Waals surface area contributed by atoms with Gasteiger partial charge in [-0.15, -0.1) is 0 Å². The van der Waals surface area contributed by atoms with Gasteiger partial charge in [0.2, 0.25) is 0 Å². The molecule has 3 N–H and O–H groups in total. The molecule has 16 heavy (non-hydrogen) atoms. The van der Waals surface area contributed by atoms with E-state index in [0.717, 1.165) is 0 Å². The summed E-state index contributed by atoms with van der Waals surface area (Å²) in [7, 11) is 1.48. The molecule has 0 spiro atoms. The Morgan fingerprint density at radius 3 is 2.81 bits per heavy atom. The molecule has 0 aliphatic carbocycles. The van der Waals surface area contributed by atoms with Crippen molar-refractivity contribution in [1.82, 2.24) is 0 Å². The molecule has 0 unspecified atom stereocenters. The van der Waals surface area contributed by atoms with E-state index < -0.39 is 5.97 Å². The highest BCUT2D eigenvalue weighted by atomic mass is 16.5. The van der Waals surface area contributed by atoms with E-state index in [4.69, 9.17) is 15.6 Å². The van der Waals surface area contributed by atoms with Crippen LogP contribution in [0.4, 0.5) is 0 Å². The van der Waals surface area contributed by atoms with Crippen molar-refractivity contribution in [1.29, 1.82) is 0 Å². The highest BCUT2D eigenvalue weighted by Gasteiger charge is 2.06. The summed E-state index contributed by atoms with van der Waals surface area (Å²) in [6.07, 6.45) is 0.583. The molecule has 0 atom stereocenters. The molecule has 0 aliphatic rings. The van der Waals surface area contributed by atoms with Crippen LogP contribution in [-0.4, -0.2) is 24.7 Å². The molecule has 1 aromatic rings. The number of nitrogens with two attached hydrogens (primary N) is 1. The van der Waals surface area contributed by atoms with Gasteiger partial charge in [0, 0.05) is 18.5 Å². The zero-order valence-electron chi connectivity index (χ0n) is 8.99. The van der Waals surface area contributed by atoms with E-state index in [2.05, 4.69) is 11.8 Å². The van der Waals surface area contributed by atoms with E-state index in [1.54, 1.807) is 6.07 Å². The Morgan fingerprint density at radius 2 is 2.25 bits per heavy atom. The summed E-state index contributed by atoms with van der Waals surface area (Å²) in [5.74, 6) is 5.17. The number of aromatic carboxylic acids is 1. The number of rotatable bonds is 3. The van der Waals surface area contributed by atoms with Gasteiger partial charge in [-0.3, -0.25) is 0 Å². The van der Waals surface area contributed by atoms with Gasteiger partial charge in [0.15, 0.2) is 0 Å². The number of carbonyl (C=O) groups is 1. The molecule has 4 nitrogen and oxygen atoms in total. The summed E-state index contributed by atoms with van der Waals surface area (Å²) in [5, 5.41) is 8.88. The molecule has 4 heteroatoms. The van der Waals surface area contributed by atoms with Crippen molar-refractivity contribution >= 4 is 5.97 Å². The third-order valence-electron chi connectivity index (χ3n) is 1.89. The molecule has 0 saturated heterocycles. The Morgan fingerprint density at radius 1 is 1.50 bits per heavy atom. The van der Waals surface area contributed by atoms with Crippen LogP contribution in [-0.2, 0) is 0 Å². The summed E-state index contributed by atoms with van der Waals surface area (Å²) in [6.45, 7) is 0.489. The van der Waals surface area contributed by atoms with Crippen LogP contribution in [0.15, 0.2) is 18.2 Å². The lowest BCUT2D eigenvalue weighted by atomic mass is 10.1. The average Bonchev–Trinajstić information content (AvgIpc) is 2.29. The fourth-order valence-electron chi connectivity index (χ4n) is 1.15. The van der Waals surface area contributed by atoms with Crippen LogP contribution in [0.25, 0.3) is 0 Å². The molecular formula is C12H13NO3. The first kappa shape index (κ1) is 12.1. The van der Waals surface area contributed by atoms with E-state index in [0.29, 0.717) is 24.3 Å². The van der Waals surface area contributed by atoms with Gasteiger partial charge in [0.25, 0.3) is 0 Å². The van der Waals surface area contributed by atoms with Gasteiger partial charge in [0.1, 0.15) is 5.75 Å². The van der Waals surface area contributed by atoms with Crippen LogP contribution in [0.1, 0.15) is 22.3 Å². The van der Waals surface area contributed by atoms with Crippen molar-refractivity contribution in [3.05, 3.63) is 29.3 Å². The zero-order chi connectivity index (χ0) is 12.0. The fraction of sp³-hybridized carbons (Fsp3) is 0.250. The first-order chi connectivity index (χ1) is 7.67. The lowest BCUT2D eigenvalue weighted by Gasteiger charge is -2.02. The molecule has 0 saturated carbocycles. The van der Waals surface area contributed by atoms with Crippen LogP contribution in [0.2, 0.25) is 0 Å². The second-order valence-electron chi connectivity index (χ2n) is 3.10. The average molecular weight is 219 g/mol. The molecular weight excluding hydrogens is 206 g/mol. The van der Waals surface area contributed by atoms with E-state index in [9.17, 15) is 4.79 Å². The Kier molecular flexibility index (Phi) is 4.37. The third kappa shape index (κ3) is 3.30. The zero-order valence-corrected chi connectivity index (χ0v) is 8.99. The van der Waals surface area contributed by atoms with Gasteiger partial charge in [-0.1, -0.05) is 11.8 Å². The van der Waals surface area contributed by atoms with Crippen molar-refractivity contribution in [2.24, 2.45) is 5.73 Å². The highest BCUT2D eigenvalue weighted by molar-refractivity contribution is 5.88. The Bertz CT molecular complexity index is 443. The highest BCUT2D eigenvalue weighted by Crippen LogP contribution is 2.16. The van der Waals surface area contributed by atoms with Crippen molar-refractivity contribution < 1.29 is 14.6 Å². The maximum Gasteiger partial charge on any atom is 0.335 e. The van der Waals surface area contributed by atoms with Crippen molar-refractivity contribution in [2.45, 2.75) is 6.42 Å². The predicted molar refractivity (Wildman–Crippen MR) is 60.5 cm³/mol. The normalized spacial score (nSPS) is 9.12. The minimum atomic E-state index is -0.999. The molecule has 0 aromatic heterocycles. The van der Waals surface area contributed by atoms with Gasteiger partial charge in [-0.2, -0.15) is 0 Å². The van der Waals surface area contributed by atoms with Crippen molar-refractivity contribution in [3.63, 3.8) is 0 Å². The SMILES string of the molecule is COc1cc(C#CCCN)cc(C(=O)O)c1. The number of hydrogen-bond donors (Lipinski definition) is 2. The van der Waals surface area contributed by atoms with Crippen molar-refractivity contribution in [3.8, 4) is 17.6 Å². The number of carboxylic acids is 1. The molecule has 1 rings (SSSR count). The molecule has 0 amide bonds. The number of carboxylic acid groups (broad SMARTS) is 1.